The highest BCUT2D eigenvalue weighted by Gasteiger charge is 2.22. The van der Waals surface area contributed by atoms with E-state index in [0.717, 1.165) is 11.6 Å². The zero-order valence-electron chi connectivity index (χ0n) is 14.8. The minimum Gasteiger partial charge on any atom is -0.493 e. The van der Waals surface area contributed by atoms with Crippen molar-refractivity contribution in [1.82, 2.24) is 0 Å². The van der Waals surface area contributed by atoms with Crippen LogP contribution >= 0.6 is 0 Å². The Kier molecular flexibility index (Phi) is 5.32. The molecule has 27 heavy (non-hydrogen) atoms. The normalized spacial score (nSPS) is 11.1. The van der Waals surface area contributed by atoms with E-state index in [1.807, 2.05) is 30.3 Å². The summed E-state index contributed by atoms with van der Waals surface area (Å²) in [6, 6.07) is 18.0. The number of halogens is 1. The summed E-state index contributed by atoms with van der Waals surface area (Å²) in [6.07, 6.45) is 0. The Morgan fingerprint density at radius 2 is 1.44 bits per heavy atom. The maximum absolute atomic E-state index is 14.4. The number of hydrogen-bond acceptors (Lipinski definition) is 4. The number of benzene rings is 3. The number of nitrogens with one attached hydrogen (secondary N) is 1. The van der Waals surface area contributed by atoms with Crippen molar-refractivity contribution in [2.75, 3.05) is 18.9 Å². The lowest BCUT2D eigenvalue weighted by Gasteiger charge is -2.15. The summed E-state index contributed by atoms with van der Waals surface area (Å²) in [7, 11) is -1.29. The van der Waals surface area contributed by atoms with Gasteiger partial charge in [0.1, 0.15) is 0 Å². The van der Waals surface area contributed by atoms with E-state index in [-0.39, 0.29) is 22.1 Å². The third kappa shape index (κ3) is 3.88. The third-order valence-electron chi connectivity index (χ3n) is 3.98. The molecule has 0 aliphatic heterocycles. The lowest BCUT2D eigenvalue weighted by Crippen LogP contribution is -2.15. The number of methoxy groups -OCH3 is 2. The Balaban J connectivity index is 2.05. The maximum Gasteiger partial charge on any atom is 0.262 e. The molecule has 0 atom stereocenters. The van der Waals surface area contributed by atoms with E-state index in [1.54, 1.807) is 18.2 Å². The first-order valence-corrected chi connectivity index (χ1v) is 9.53. The minimum absolute atomic E-state index is 0.0467. The van der Waals surface area contributed by atoms with Crippen molar-refractivity contribution in [2.24, 2.45) is 0 Å². The highest BCUT2D eigenvalue weighted by atomic mass is 32.2. The average Bonchev–Trinajstić information content (AvgIpc) is 2.69. The zero-order chi connectivity index (χ0) is 19.4. The average molecular weight is 387 g/mol. The molecule has 0 saturated heterocycles. The Hall–Kier alpha value is -3.06. The maximum atomic E-state index is 14.4. The van der Waals surface area contributed by atoms with Crippen LogP contribution in [-0.2, 0) is 10.0 Å². The van der Waals surface area contributed by atoms with E-state index in [1.165, 1.54) is 26.4 Å². The Labute approximate surface area is 157 Å². The van der Waals surface area contributed by atoms with Crippen molar-refractivity contribution in [2.45, 2.75) is 4.90 Å². The van der Waals surface area contributed by atoms with E-state index in [2.05, 4.69) is 4.72 Å². The van der Waals surface area contributed by atoms with E-state index in [4.69, 9.17) is 9.47 Å². The molecule has 0 aliphatic carbocycles. The van der Waals surface area contributed by atoms with Crippen LogP contribution in [-0.4, -0.2) is 22.6 Å². The number of ether oxygens (including phenoxy) is 2. The van der Waals surface area contributed by atoms with Crippen molar-refractivity contribution >= 4 is 15.7 Å². The second kappa shape index (κ2) is 7.67. The molecule has 0 radical (unpaired) electrons. The van der Waals surface area contributed by atoms with E-state index in [9.17, 15) is 12.8 Å². The molecule has 0 bridgehead atoms. The molecule has 1 N–H and O–H groups in total. The molecule has 3 rings (SSSR count). The first-order chi connectivity index (χ1) is 13.0. The highest BCUT2D eigenvalue weighted by Crippen LogP contribution is 2.34. The lowest BCUT2D eigenvalue weighted by molar-refractivity contribution is 0.353. The van der Waals surface area contributed by atoms with Crippen molar-refractivity contribution in [1.29, 1.82) is 0 Å². The number of rotatable bonds is 6. The fourth-order valence-electron chi connectivity index (χ4n) is 2.69. The second-order valence-electron chi connectivity index (χ2n) is 5.65. The second-order valence-corrected chi connectivity index (χ2v) is 7.31. The van der Waals surface area contributed by atoms with E-state index < -0.39 is 15.8 Å². The quantitative estimate of drug-likeness (QED) is 0.685. The van der Waals surface area contributed by atoms with Crippen molar-refractivity contribution < 1.29 is 22.3 Å². The predicted octanol–water partition coefficient (Wildman–Crippen LogP) is 4.31. The predicted molar refractivity (Wildman–Crippen MR) is 102 cm³/mol. The smallest absolute Gasteiger partial charge is 0.262 e. The summed E-state index contributed by atoms with van der Waals surface area (Å²) in [6.45, 7) is 0. The lowest BCUT2D eigenvalue weighted by atomic mass is 10.1. The van der Waals surface area contributed by atoms with Crippen LogP contribution in [0.25, 0.3) is 11.1 Å². The molecule has 3 aromatic carbocycles. The molecule has 0 amide bonds. The molecule has 7 heteroatoms. The summed E-state index contributed by atoms with van der Waals surface area (Å²) in [5.41, 5.74) is 1.04. The molecule has 0 aliphatic rings. The van der Waals surface area contributed by atoms with Crippen LogP contribution in [0.4, 0.5) is 10.1 Å². The molecule has 0 fully saturated rings. The van der Waals surface area contributed by atoms with Gasteiger partial charge < -0.3 is 9.47 Å². The molecule has 140 valence electrons. The zero-order valence-corrected chi connectivity index (χ0v) is 15.6. The molecule has 3 aromatic rings. The van der Waals surface area contributed by atoms with Crippen LogP contribution in [0.2, 0.25) is 0 Å². The Morgan fingerprint density at radius 3 is 2.11 bits per heavy atom. The summed E-state index contributed by atoms with van der Waals surface area (Å²) in [4.78, 5) is 0.0467. The monoisotopic (exact) mass is 387 g/mol. The number of hydrogen-bond donors (Lipinski definition) is 1. The third-order valence-corrected chi connectivity index (χ3v) is 5.40. The van der Waals surface area contributed by atoms with Gasteiger partial charge in [-0.1, -0.05) is 48.5 Å². The number of anilines is 1. The van der Waals surface area contributed by atoms with Gasteiger partial charge in [0, 0.05) is 17.7 Å². The van der Waals surface area contributed by atoms with Crippen LogP contribution in [0.1, 0.15) is 0 Å². The fraction of sp³-hybridized carbons (Fsp3) is 0.100. The topological polar surface area (TPSA) is 64.6 Å². The molecule has 0 heterocycles. The molecule has 0 aromatic heterocycles. The largest absolute Gasteiger partial charge is 0.493 e. The molecule has 5 nitrogen and oxygen atoms in total. The van der Waals surface area contributed by atoms with E-state index >= 15 is 0 Å². The van der Waals surface area contributed by atoms with Gasteiger partial charge in [0.2, 0.25) is 0 Å². The van der Waals surface area contributed by atoms with Gasteiger partial charge in [-0.05, 0) is 11.6 Å². The number of sulfonamides is 1. The Morgan fingerprint density at radius 1 is 0.852 bits per heavy atom. The molecule has 0 saturated carbocycles. The minimum atomic E-state index is -4.05. The van der Waals surface area contributed by atoms with E-state index in [0.29, 0.717) is 5.56 Å². The van der Waals surface area contributed by atoms with Crippen LogP contribution in [0.3, 0.4) is 0 Å². The van der Waals surface area contributed by atoms with Gasteiger partial charge in [-0.2, -0.15) is 0 Å². The van der Waals surface area contributed by atoms with Gasteiger partial charge in [0.05, 0.1) is 24.8 Å². The Bertz CT molecular complexity index is 1050. The van der Waals surface area contributed by atoms with Crippen molar-refractivity contribution in [3.05, 3.63) is 72.5 Å². The SMILES string of the molecule is COc1cc(F)c(NS(=O)(=O)c2ccccc2-c2ccccc2)cc1OC. The fourth-order valence-corrected chi connectivity index (χ4v) is 3.98. The van der Waals surface area contributed by atoms with Gasteiger partial charge >= 0.3 is 0 Å². The molecule has 0 spiro atoms. The van der Waals surface area contributed by atoms with Gasteiger partial charge in [0.15, 0.2) is 17.3 Å². The van der Waals surface area contributed by atoms with Crippen LogP contribution in [0, 0.1) is 5.82 Å². The summed E-state index contributed by atoms with van der Waals surface area (Å²) in [5.74, 6) is -0.385. The first-order valence-electron chi connectivity index (χ1n) is 8.05. The van der Waals surface area contributed by atoms with Crippen LogP contribution in [0.5, 0.6) is 11.5 Å². The summed E-state index contributed by atoms with van der Waals surface area (Å²) < 4.78 is 52.7. The molecule has 0 unspecified atom stereocenters. The van der Waals surface area contributed by atoms with Gasteiger partial charge in [-0.15, -0.1) is 0 Å². The molecular formula is C20H18FNO4S. The van der Waals surface area contributed by atoms with Crippen molar-refractivity contribution in [3.8, 4) is 22.6 Å². The molecular weight excluding hydrogens is 369 g/mol. The highest BCUT2D eigenvalue weighted by molar-refractivity contribution is 7.92. The summed E-state index contributed by atoms with van der Waals surface area (Å²) >= 11 is 0. The van der Waals surface area contributed by atoms with Crippen LogP contribution in [0.15, 0.2) is 71.6 Å². The first kappa shape index (κ1) is 18.7. The van der Waals surface area contributed by atoms with Gasteiger partial charge in [-0.25, -0.2) is 12.8 Å². The van der Waals surface area contributed by atoms with Gasteiger partial charge in [-0.3, -0.25) is 4.72 Å². The standard InChI is InChI=1S/C20H18FNO4S/c1-25-18-12-16(21)17(13-19(18)26-2)22-27(23,24)20-11-7-6-10-15(20)14-8-4-3-5-9-14/h3-13,22H,1-2H3. The van der Waals surface area contributed by atoms with Crippen molar-refractivity contribution in [3.63, 3.8) is 0 Å². The summed E-state index contributed by atoms with van der Waals surface area (Å²) in [5, 5.41) is 0. The van der Waals surface area contributed by atoms with Crippen LogP contribution < -0.4 is 14.2 Å². The van der Waals surface area contributed by atoms with Gasteiger partial charge in [0.25, 0.3) is 10.0 Å².